The van der Waals surface area contributed by atoms with Gasteiger partial charge < -0.3 is 10.2 Å². The van der Waals surface area contributed by atoms with Gasteiger partial charge in [0.2, 0.25) is 5.91 Å². The molecule has 2 rings (SSSR count). The summed E-state index contributed by atoms with van der Waals surface area (Å²) >= 11 is 1.67. The van der Waals surface area contributed by atoms with Gasteiger partial charge in [0.05, 0.1) is 6.42 Å². The summed E-state index contributed by atoms with van der Waals surface area (Å²) in [6.07, 6.45) is 2.85. The number of carbonyl (C=O) groups is 1. The summed E-state index contributed by atoms with van der Waals surface area (Å²) in [7, 11) is 1.99. The first-order valence-corrected chi connectivity index (χ1v) is 7.12. The van der Waals surface area contributed by atoms with Crippen molar-refractivity contribution in [3.63, 3.8) is 0 Å². The van der Waals surface area contributed by atoms with Gasteiger partial charge in [-0.2, -0.15) is 0 Å². The lowest BCUT2D eigenvalue weighted by Gasteiger charge is -2.31. The van der Waals surface area contributed by atoms with E-state index in [4.69, 9.17) is 0 Å². The van der Waals surface area contributed by atoms with Gasteiger partial charge in [0, 0.05) is 18.0 Å². The van der Waals surface area contributed by atoms with Gasteiger partial charge in [-0.3, -0.25) is 4.79 Å². The minimum atomic E-state index is 0.287. The summed E-state index contributed by atoms with van der Waals surface area (Å²) < 4.78 is 0. The van der Waals surface area contributed by atoms with Crippen LogP contribution in [0.1, 0.15) is 17.7 Å². The molecule has 94 valence electrons. The lowest BCUT2D eigenvalue weighted by atomic mass is 9.96. The van der Waals surface area contributed by atoms with E-state index < -0.39 is 0 Å². The van der Waals surface area contributed by atoms with Gasteiger partial charge in [0.15, 0.2) is 0 Å². The quantitative estimate of drug-likeness (QED) is 0.885. The van der Waals surface area contributed by atoms with E-state index in [1.54, 1.807) is 11.3 Å². The predicted molar refractivity (Wildman–Crippen MR) is 71.3 cm³/mol. The molecule has 1 aromatic rings. The molecule has 1 N–H and O–H groups in total. The maximum atomic E-state index is 12.0. The first-order valence-electron chi connectivity index (χ1n) is 6.24. The van der Waals surface area contributed by atoms with E-state index in [0.717, 1.165) is 38.4 Å². The summed E-state index contributed by atoms with van der Waals surface area (Å²) in [6.45, 7) is 2.93. The van der Waals surface area contributed by atoms with Crippen LogP contribution in [0.15, 0.2) is 17.5 Å². The number of rotatable bonds is 4. The van der Waals surface area contributed by atoms with Crippen LogP contribution < -0.4 is 5.32 Å². The molecule has 0 saturated carbocycles. The normalized spacial score (nSPS) is 17.4. The molecule has 1 fully saturated rings. The molecular weight excluding hydrogens is 232 g/mol. The third-order valence-corrected chi connectivity index (χ3v) is 4.24. The molecule has 1 amide bonds. The number of thiophene rings is 1. The highest BCUT2D eigenvalue weighted by atomic mass is 32.1. The first kappa shape index (κ1) is 12.6. The fourth-order valence-electron chi connectivity index (χ4n) is 2.35. The van der Waals surface area contributed by atoms with Gasteiger partial charge in [-0.05, 0) is 43.8 Å². The van der Waals surface area contributed by atoms with E-state index in [0.29, 0.717) is 6.42 Å². The second-order valence-corrected chi connectivity index (χ2v) is 5.67. The molecule has 0 radical (unpaired) electrons. The molecule has 0 aliphatic carbocycles. The minimum Gasteiger partial charge on any atom is -0.342 e. The molecule has 0 aromatic carbocycles. The number of hydrogen-bond acceptors (Lipinski definition) is 3. The van der Waals surface area contributed by atoms with Crippen molar-refractivity contribution in [2.75, 3.05) is 26.7 Å². The fraction of sp³-hybridized carbons (Fsp3) is 0.615. The van der Waals surface area contributed by atoms with Gasteiger partial charge in [-0.25, -0.2) is 0 Å². The Bertz CT molecular complexity index is 342. The zero-order chi connectivity index (χ0) is 12.1. The molecule has 0 unspecified atom stereocenters. The number of piperidine rings is 1. The highest BCUT2D eigenvalue weighted by molar-refractivity contribution is 7.10. The number of nitrogens with one attached hydrogen (secondary N) is 1. The number of hydrogen-bond donors (Lipinski definition) is 1. The van der Waals surface area contributed by atoms with Crippen molar-refractivity contribution in [2.24, 2.45) is 5.92 Å². The average Bonchev–Trinajstić information content (AvgIpc) is 2.83. The largest absolute Gasteiger partial charge is 0.342 e. The third-order valence-electron chi connectivity index (χ3n) is 3.37. The molecule has 1 aliphatic rings. The van der Waals surface area contributed by atoms with Crippen LogP contribution in [0.4, 0.5) is 0 Å². The van der Waals surface area contributed by atoms with Crippen molar-refractivity contribution in [3.05, 3.63) is 22.4 Å². The van der Waals surface area contributed by atoms with E-state index in [1.807, 2.05) is 29.5 Å². The zero-order valence-electron chi connectivity index (χ0n) is 10.3. The van der Waals surface area contributed by atoms with Crippen molar-refractivity contribution in [1.82, 2.24) is 10.2 Å². The van der Waals surface area contributed by atoms with E-state index in [9.17, 15) is 4.79 Å². The highest BCUT2D eigenvalue weighted by Crippen LogP contribution is 2.18. The maximum Gasteiger partial charge on any atom is 0.227 e. The zero-order valence-corrected chi connectivity index (χ0v) is 11.1. The van der Waals surface area contributed by atoms with Crippen LogP contribution in [0.25, 0.3) is 0 Å². The third kappa shape index (κ3) is 3.54. The average molecular weight is 252 g/mol. The second kappa shape index (κ2) is 6.17. The Labute approximate surface area is 107 Å². The summed E-state index contributed by atoms with van der Waals surface area (Å²) in [6, 6.07) is 4.04. The molecule has 1 saturated heterocycles. The smallest absolute Gasteiger partial charge is 0.227 e. The molecular formula is C13H20N2OS. The molecule has 3 nitrogen and oxygen atoms in total. The predicted octanol–water partition coefficient (Wildman–Crippen LogP) is 1.75. The van der Waals surface area contributed by atoms with Crippen molar-refractivity contribution < 1.29 is 4.79 Å². The monoisotopic (exact) mass is 252 g/mol. The lowest BCUT2D eigenvalue weighted by Crippen LogP contribution is -2.41. The fourth-order valence-corrected chi connectivity index (χ4v) is 3.05. The Hall–Kier alpha value is -0.870. The Balaban J connectivity index is 1.78. The topological polar surface area (TPSA) is 32.3 Å². The number of carbonyl (C=O) groups excluding carboxylic acids is 1. The Morgan fingerprint density at radius 2 is 2.29 bits per heavy atom. The summed E-state index contributed by atoms with van der Waals surface area (Å²) in [4.78, 5) is 15.2. The standard InChI is InChI=1S/C13H20N2OS/c1-14-10-11-4-6-15(7-5-11)13(16)9-12-3-2-8-17-12/h2-3,8,11,14H,4-7,9-10H2,1H3. The summed E-state index contributed by atoms with van der Waals surface area (Å²) in [5.41, 5.74) is 0. The van der Waals surface area contributed by atoms with Crippen molar-refractivity contribution in [3.8, 4) is 0 Å². The molecule has 17 heavy (non-hydrogen) atoms. The van der Waals surface area contributed by atoms with Gasteiger partial charge >= 0.3 is 0 Å². The van der Waals surface area contributed by atoms with Crippen LogP contribution in [0.3, 0.4) is 0 Å². The van der Waals surface area contributed by atoms with Gasteiger partial charge in [-0.1, -0.05) is 6.07 Å². The van der Waals surface area contributed by atoms with Crippen LogP contribution in [0.2, 0.25) is 0 Å². The van der Waals surface area contributed by atoms with Crippen molar-refractivity contribution in [2.45, 2.75) is 19.3 Å². The maximum absolute atomic E-state index is 12.0. The van der Waals surface area contributed by atoms with E-state index in [2.05, 4.69) is 5.32 Å². The second-order valence-electron chi connectivity index (χ2n) is 4.64. The van der Waals surface area contributed by atoms with Crippen LogP contribution >= 0.6 is 11.3 Å². The molecule has 0 spiro atoms. The number of nitrogens with zero attached hydrogens (tertiary/aromatic N) is 1. The Morgan fingerprint density at radius 1 is 1.53 bits per heavy atom. The Morgan fingerprint density at radius 3 is 2.88 bits per heavy atom. The van der Waals surface area contributed by atoms with Gasteiger partial charge in [0.1, 0.15) is 0 Å². The summed E-state index contributed by atoms with van der Waals surface area (Å²) in [5, 5.41) is 5.25. The number of amides is 1. The van der Waals surface area contributed by atoms with E-state index in [1.165, 1.54) is 4.88 Å². The molecule has 4 heteroatoms. The molecule has 0 bridgehead atoms. The van der Waals surface area contributed by atoms with Crippen LogP contribution in [-0.2, 0) is 11.2 Å². The lowest BCUT2D eigenvalue weighted by molar-refractivity contribution is -0.131. The highest BCUT2D eigenvalue weighted by Gasteiger charge is 2.22. The molecule has 0 atom stereocenters. The van der Waals surface area contributed by atoms with Gasteiger partial charge in [-0.15, -0.1) is 11.3 Å². The summed E-state index contributed by atoms with van der Waals surface area (Å²) in [5.74, 6) is 1.03. The Kier molecular flexibility index (Phi) is 4.57. The van der Waals surface area contributed by atoms with Crippen LogP contribution in [0, 0.1) is 5.92 Å². The SMILES string of the molecule is CNCC1CCN(C(=O)Cc2cccs2)CC1. The van der Waals surface area contributed by atoms with Crippen LogP contribution in [-0.4, -0.2) is 37.5 Å². The van der Waals surface area contributed by atoms with Crippen molar-refractivity contribution in [1.29, 1.82) is 0 Å². The molecule has 2 heterocycles. The van der Waals surface area contributed by atoms with E-state index in [-0.39, 0.29) is 5.91 Å². The number of likely N-dealkylation sites (tertiary alicyclic amines) is 1. The van der Waals surface area contributed by atoms with E-state index >= 15 is 0 Å². The first-order chi connectivity index (χ1) is 8.29. The molecule has 1 aromatic heterocycles. The van der Waals surface area contributed by atoms with Crippen LogP contribution in [0.5, 0.6) is 0 Å². The minimum absolute atomic E-state index is 0.287. The molecule has 1 aliphatic heterocycles. The van der Waals surface area contributed by atoms with Gasteiger partial charge in [0.25, 0.3) is 0 Å². The van der Waals surface area contributed by atoms with Crippen molar-refractivity contribution >= 4 is 17.2 Å².